The Morgan fingerprint density at radius 2 is 1.66 bits per heavy atom. The van der Waals surface area contributed by atoms with Crippen LogP contribution in [0.1, 0.15) is 42.1 Å². The Labute approximate surface area is 241 Å². The van der Waals surface area contributed by atoms with Crippen LogP contribution in [0.4, 0.5) is 0 Å². The van der Waals surface area contributed by atoms with E-state index in [0.29, 0.717) is 48.1 Å². The van der Waals surface area contributed by atoms with Crippen molar-refractivity contribution in [3.05, 3.63) is 94.6 Å². The minimum Gasteiger partial charge on any atom is -0.507 e. The second-order valence-corrected chi connectivity index (χ2v) is 9.88. The van der Waals surface area contributed by atoms with E-state index in [0.717, 1.165) is 24.2 Å². The van der Waals surface area contributed by atoms with Crippen molar-refractivity contribution < 1.29 is 28.9 Å². The summed E-state index contributed by atoms with van der Waals surface area (Å²) in [6.45, 7) is 8.84. The van der Waals surface area contributed by atoms with E-state index in [2.05, 4.69) is 18.7 Å². The minimum absolute atomic E-state index is 0.0443. The predicted molar refractivity (Wildman–Crippen MR) is 158 cm³/mol. The molecule has 0 bridgehead atoms. The summed E-state index contributed by atoms with van der Waals surface area (Å²) in [6, 6.07) is 19.6. The highest BCUT2D eigenvalue weighted by atomic mass is 16.5. The van der Waals surface area contributed by atoms with Gasteiger partial charge in [-0.25, -0.2) is 0 Å². The lowest BCUT2D eigenvalue weighted by molar-refractivity contribution is -0.140. The molecule has 0 radical (unpaired) electrons. The van der Waals surface area contributed by atoms with Crippen LogP contribution in [0.25, 0.3) is 5.76 Å². The molecule has 3 aromatic rings. The van der Waals surface area contributed by atoms with Gasteiger partial charge in [0.1, 0.15) is 18.1 Å². The van der Waals surface area contributed by atoms with Crippen molar-refractivity contribution in [3.63, 3.8) is 0 Å². The molecule has 0 aromatic heterocycles. The van der Waals surface area contributed by atoms with E-state index in [1.807, 2.05) is 43.3 Å². The minimum atomic E-state index is -0.802. The summed E-state index contributed by atoms with van der Waals surface area (Å²) >= 11 is 0. The van der Waals surface area contributed by atoms with Gasteiger partial charge in [0.25, 0.3) is 11.7 Å². The lowest BCUT2D eigenvalue weighted by atomic mass is 9.93. The number of likely N-dealkylation sites (tertiary alicyclic amines) is 1. The molecule has 1 unspecified atom stereocenters. The van der Waals surface area contributed by atoms with Crippen LogP contribution < -0.4 is 14.2 Å². The van der Waals surface area contributed by atoms with Gasteiger partial charge >= 0.3 is 0 Å². The number of nitrogens with zero attached hydrogens (tertiary/aromatic N) is 2. The predicted octanol–water partition coefficient (Wildman–Crippen LogP) is 5.35. The molecular formula is C33H38N2O6. The smallest absolute Gasteiger partial charge is 0.295 e. The molecule has 1 aliphatic rings. The number of amides is 1. The van der Waals surface area contributed by atoms with E-state index in [1.54, 1.807) is 49.5 Å². The Kier molecular flexibility index (Phi) is 9.68. The van der Waals surface area contributed by atoms with Crippen LogP contribution in [-0.2, 0) is 16.2 Å². The number of ether oxygens (including phenoxy) is 3. The van der Waals surface area contributed by atoms with Crippen LogP contribution in [0.5, 0.6) is 17.2 Å². The van der Waals surface area contributed by atoms with Crippen LogP contribution in [-0.4, -0.2) is 67.0 Å². The molecule has 0 spiro atoms. The molecular weight excluding hydrogens is 520 g/mol. The molecule has 1 amide bonds. The second-order valence-electron chi connectivity index (χ2n) is 9.88. The van der Waals surface area contributed by atoms with E-state index in [-0.39, 0.29) is 11.3 Å². The largest absolute Gasteiger partial charge is 0.507 e. The molecule has 1 N–H and O–H groups in total. The number of carbonyl (C=O) groups excluding carboxylic acids is 2. The zero-order chi connectivity index (χ0) is 29.5. The van der Waals surface area contributed by atoms with Crippen molar-refractivity contribution in [2.24, 2.45) is 0 Å². The number of hydrogen-bond acceptors (Lipinski definition) is 7. The molecule has 1 saturated heterocycles. The van der Waals surface area contributed by atoms with E-state index < -0.39 is 17.7 Å². The van der Waals surface area contributed by atoms with Gasteiger partial charge in [-0.3, -0.25) is 9.59 Å². The highest BCUT2D eigenvalue weighted by Crippen LogP contribution is 2.42. The third-order valence-corrected chi connectivity index (χ3v) is 7.52. The highest BCUT2D eigenvalue weighted by molar-refractivity contribution is 6.46. The Balaban J connectivity index is 1.78. The summed E-state index contributed by atoms with van der Waals surface area (Å²) in [5, 5.41) is 11.5. The first-order valence-electron chi connectivity index (χ1n) is 13.8. The number of hydrogen-bond donors (Lipinski definition) is 1. The third kappa shape index (κ3) is 6.38. The number of ketones is 1. The number of methoxy groups -OCH3 is 2. The van der Waals surface area contributed by atoms with Gasteiger partial charge in [0.2, 0.25) is 0 Å². The quantitative estimate of drug-likeness (QED) is 0.182. The van der Waals surface area contributed by atoms with Gasteiger partial charge in [-0.15, -0.1) is 0 Å². The Bertz CT molecular complexity index is 1410. The number of benzene rings is 3. The van der Waals surface area contributed by atoms with E-state index in [4.69, 9.17) is 14.2 Å². The van der Waals surface area contributed by atoms with Crippen molar-refractivity contribution in [3.8, 4) is 17.2 Å². The molecule has 0 aliphatic carbocycles. The van der Waals surface area contributed by atoms with Gasteiger partial charge in [0, 0.05) is 18.7 Å². The van der Waals surface area contributed by atoms with Gasteiger partial charge < -0.3 is 29.1 Å². The van der Waals surface area contributed by atoms with Gasteiger partial charge in [0.15, 0.2) is 11.5 Å². The van der Waals surface area contributed by atoms with E-state index in [1.165, 1.54) is 0 Å². The van der Waals surface area contributed by atoms with Crippen LogP contribution in [0.15, 0.2) is 72.3 Å². The van der Waals surface area contributed by atoms with Crippen molar-refractivity contribution in [1.82, 2.24) is 9.80 Å². The maximum Gasteiger partial charge on any atom is 0.295 e. The molecule has 8 heteroatoms. The van der Waals surface area contributed by atoms with Crippen molar-refractivity contribution in [2.75, 3.05) is 40.4 Å². The van der Waals surface area contributed by atoms with Crippen LogP contribution in [0.3, 0.4) is 0 Å². The fourth-order valence-electron chi connectivity index (χ4n) is 5.13. The van der Waals surface area contributed by atoms with Gasteiger partial charge in [-0.2, -0.15) is 0 Å². The van der Waals surface area contributed by atoms with Crippen LogP contribution >= 0.6 is 0 Å². The SMILES string of the molecule is CCN(CC)CCN1C(=O)C(=O)/C(=C(/O)c2ccc(OC)cc2C)C1c1ccc(OCc2ccccc2)c(OC)c1. The second kappa shape index (κ2) is 13.4. The number of aliphatic hydroxyl groups is 1. The Hall–Kier alpha value is -4.30. The fraction of sp³-hybridized carbons (Fsp3) is 0.333. The number of likely N-dealkylation sites (N-methyl/N-ethyl adjacent to an activating group) is 1. The molecule has 41 heavy (non-hydrogen) atoms. The topological polar surface area (TPSA) is 88.5 Å². The van der Waals surface area contributed by atoms with Gasteiger partial charge in [0.05, 0.1) is 25.8 Å². The standard InChI is InChI=1S/C33H38N2O6/c1-6-34(7-2)17-18-35-30(24-13-16-27(28(20-24)40-5)41-21-23-11-9-8-10-12-23)29(32(37)33(35)38)31(36)26-15-14-25(39-4)19-22(26)3/h8-16,19-20,30,36H,6-7,17-18,21H2,1-5H3/b31-29+. The molecule has 0 saturated carbocycles. The first kappa shape index (κ1) is 29.7. The molecule has 1 atom stereocenters. The van der Waals surface area contributed by atoms with Gasteiger partial charge in [-0.1, -0.05) is 50.2 Å². The van der Waals surface area contributed by atoms with Crippen molar-refractivity contribution in [2.45, 2.75) is 33.4 Å². The first-order chi connectivity index (χ1) is 19.8. The zero-order valence-corrected chi connectivity index (χ0v) is 24.3. The molecule has 4 rings (SSSR count). The van der Waals surface area contributed by atoms with E-state index in [9.17, 15) is 14.7 Å². The Morgan fingerprint density at radius 1 is 0.927 bits per heavy atom. The summed E-state index contributed by atoms with van der Waals surface area (Å²) < 4.78 is 17.0. The summed E-state index contributed by atoms with van der Waals surface area (Å²) in [5.74, 6) is 0.0526. The summed E-state index contributed by atoms with van der Waals surface area (Å²) in [4.78, 5) is 30.7. The zero-order valence-electron chi connectivity index (χ0n) is 24.3. The monoisotopic (exact) mass is 558 g/mol. The number of rotatable bonds is 12. The molecule has 1 aliphatic heterocycles. The average molecular weight is 559 g/mol. The van der Waals surface area contributed by atoms with E-state index >= 15 is 0 Å². The molecule has 1 heterocycles. The van der Waals surface area contributed by atoms with Crippen LogP contribution in [0, 0.1) is 6.92 Å². The molecule has 3 aromatic carbocycles. The summed E-state index contributed by atoms with van der Waals surface area (Å²) in [7, 11) is 3.11. The van der Waals surface area contributed by atoms with Gasteiger partial charge in [-0.05, 0) is 67.0 Å². The van der Waals surface area contributed by atoms with Crippen LogP contribution in [0.2, 0.25) is 0 Å². The number of aliphatic hydroxyl groups excluding tert-OH is 1. The third-order valence-electron chi connectivity index (χ3n) is 7.52. The lowest BCUT2D eigenvalue weighted by Gasteiger charge is -2.28. The maximum absolute atomic E-state index is 13.5. The normalized spacial score (nSPS) is 16.3. The fourth-order valence-corrected chi connectivity index (χ4v) is 5.13. The molecule has 1 fully saturated rings. The first-order valence-corrected chi connectivity index (χ1v) is 13.8. The Morgan fingerprint density at radius 3 is 2.29 bits per heavy atom. The van der Waals surface area contributed by atoms with Crippen molar-refractivity contribution in [1.29, 1.82) is 0 Å². The molecule has 8 nitrogen and oxygen atoms in total. The number of aryl methyl sites for hydroxylation is 1. The average Bonchev–Trinajstić information content (AvgIpc) is 3.25. The summed E-state index contributed by atoms with van der Waals surface area (Å²) in [5.41, 5.74) is 2.88. The van der Waals surface area contributed by atoms with Crippen molar-refractivity contribution >= 4 is 17.4 Å². The number of Topliss-reactive ketones (excluding diaryl/α,β-unsaturated/α-hetero) is 1. The highest BCUT2D eigenvalue weighted by Gasteiger charge is 2.46. The number of carbonyl (C=O) groups is 2. The lowest BCUT2D eigenvalue weighted by Crippen LogP contribution is -2.38. The molecule has 216 valence electrons. The maximum atomic E-state index is 13.5. The summed E-state index contributed by atoms with van der Waals surface area (Å²) in [6.07, 6.45) is 0.